The van der Waals surface area contributed by atoms with Crippen LogP contribution in [0.15, 0.2) is 29.6 Å². The minimum atomic E-state index is 0.230. The molecule has 2 heterocycles. The number of nitrogens with one attached hydrogen (secondary N) is 1. The minimum Gasteiger partial charge on any atom is -0.493 e. The summed E-state index contributed by atoms with van der Waals surface area (Å²) >= 11 is 1.81. The Bertz CT molecular complexity index is 576. The highest BCUT2D eigenvalue weighted by Crippen LogP contribution is 2.37. The summed E-state index contributed by atoms with van der Waals surface area (Å²) in [6.07, 6.45) is 2.25. The molecule has 1 N–H and O–H groups in total. The fourth-order valence-corrected chi connectivity index (χ4v) is 3.80. The highest BCUT2D eigenvalue weighted by molar-refractivity contribution is 7.10. The van der Waals surface area contributed by atoms with Gasteiger partial charge in [0.15, 0.2) is 0 Å². The van der Waals surface area contributed by atoms with E-state index >= 15 is 0 Å². The second-order valence-electron chi connectivity index (χ2n) is 4.98. The number of hydrogen-bond donors (Lipinski definition) is 1. The fraction of sp³-hybridized carbons (Fsp3) is 0.375. The lowest BCUT2D eigenvalue weighted by molar-refractivity contribution is 0.283. The Kier molecular flexibility index (Phi) is 3.58. The van der Waals surface area contributed by atoms with Crippen LogP contribution in [0.5, 0.6) is 5.75 Å². The van der Waals surface area contributed by atoms with Crippen LogP contribution in [0.25, 0.3) is 0 Å². The summed E-state index contributed by atoms with van der Waals surface area (Å²) in [7, 11) is 2.02. The van der Waals surface area contributed by atoms with Gasteiger partial charge in [-0.2, -0.15) is 0 Å². The molecule has 1 atom stereocenters. The minimum absolute atomic E-state index is 0.230. The predicted octanol–water partition coefficient (Wildman–Crippen LogP) is 3.69. The van der Waals surface area contributed by atoms with Crippen LogP contribution >= 0.6 is 11.3 Å². The third-order valence-corrected chi connectivity index (χ3v) is 4.81. The number of hydrogen-bond acceptors (Lipinski definition) is 3. The molecule has 100 valence electrons. The van der Waals surface area contributed by atoms with E-state index in [2.05, 4.69) is 41.9 Å². The molecule has 1 aromatic heterocycles. The molecule has 1 aromatic carbocycles. The van der Waals surface area contributed by atoms with E-state index in [0.29, 0.717) is 0 Å². The second-order valence-corrected chi connectivity index (χ2v) is 5.92. The molecular formula is C16H19NOS. The van der Waals surface area contributed by atoms with Gasteiger partial charge in [-0.25, -0.2) is 0 Å². The first-order valence-corrected chi connectivity index (χ1v) is 7.65. The van der Waals surface area contributed by atoms with Gasteiger partial charge in [-0.05, 0) is 49.4 Å². The average molecular weight is 273 g/mol. The molecule has 0 saturated heterocycles. The van der Waals surface area contributed by atoms with E-state index in [1.54, 1.807) is 0 Å². The van der Waals surface area contributed by atoms with Crippen molar-refractivity contribution in [2.45, 2.75) is 25.8 Å². The highest BCUT2D eigenvalue weighted by atomic mass is 32.1. The zero-order valence-electron chi connectivity index (χ0n) is 11.4. The number of fused-ring (bicyclic) bond motifs is 1. The van der Waals surface area contributed by atoms with E-state index in [-0.39, 0.29) is 6.04 Å². The lowest BCUT2D eigenvalue weighted by atomic mass is 9.96. The maximum absolute atomic E-state index is 5.94. The van der Waals surface area contributed by atoms with Crippen molar-refractivity contribution in [1.82, 2.24) is 5.32 Å². The van der Waals surface area contributed by atoms with Gasteiger partial charge >= 0.3 is 0 Å². The number of benzene rings is 1. The summed E-state index contributed by atoms with van der Waals surface area (Å²) in [4.78, 5) is 1.38. The predicted molar refractivity (Wildman–Crippen MR) is 80.2 cm³/mol. The molecule has 0 spiro atoms. The van der Waals surface area contributed by atoms with Crippen molar-refractivity contribution >= 4 is 11.3 Å². The third kappa shape index (κ3) is 2.28. The quantitative estimate of drug-likeness (QED) is 0.921. The molecule has 2 nitrogen and oxygen atoms in total. The largest absolute Gasteiger partial charge is 0.493 e. The van der Waals surface area contributed by atoms with Crippen molar-refractivity contribution in [3.63, 3.8) is 0 Å². The third-order valence-electron chi connectivity index (χ3n) is 3.73. The van der Waals surface area contributed by atoms with E-state index in [4.69, 9.17) is 4.74 Å². The molecule has 0 bridgehead atoms. The van der Waals surface area contributed by atoms with Crippen LogP contribution < -0.4 is 10.1 Å². The first kappa shape index (κ1) is 12.7. The number of aryl methyl sites for hydroxylation is 2. The van der Waals surface area contributed by atoms with Gasteiger partial charge in [-0.3, -0.25) is 0 Å². The van der Waals surface area contributed by atoms with Crippen LogP contribution in [0.4, 0.5) is 0 Å². The smallest absolute Gasteiger partial charge is 0.127 e. The van der Waals surface area contributed by atoms with Crippen molar-refractivity contribution in [1.29, 1.82) is 0 Å². The van der Waals surface area contributed by atoms with E-state index < -0.39 is 0 Å². The van der Waals surface area contributed by atoms with Crippen LogP contribution in [0.2, 0.25) is 0 Å². The Hall–Kier alpha value is -1.32. The van der Waals surface area contributed by atoms with Crippen molar-refractivity contribution < 1.29 is 4.74 Å². The molecule has 0 saturated carbocycles. The van der Waals surface area contributed by atoms with Gasteiger partial charge in [0.25, 0.3) is 0 Å². The van der Waals surface area contributed by atoms with Gasteiger partial charge in [0.1, 0.15) is 5.75 Å². The summed E-state index contributed by atoms with van der Waals surface area (Å²) in [5, 5.41) is 5.60. The first-order chi connectivity index (χ1) is 9.31. The summed E-state index contributed by atoms with van der Waals surface area (Å²) in [6.45, 7) is 3.01. The molecule has 0 aliphatic carbocycles. The van der Waals surface area contributed by atoms with E-state index in [9.17, 15) is 0 Å². The fourth-order valence-electron chi connectivity index (χ4n) is 2.75. The molecule has 1 aliphatic rings. The number of thiophene rings is 1. The number of para-hydroxylation sites is 1. The van der Waals surface area contributed by atoms with Crippen LogP contribution in [0.1, 0.15) is 34.0 Å². The van der Waals surface area contributed by atoms with Crippen LogP contribution in [0.3, 0.4) is 0 Å². The Labute approximate surface area is 118 Å². The molecule has 19 heavy (non-hydrogen) atoms. The van der Waals surface area contributed by atoms with Gasteiger partial charge < -0.3 is 10.1 Å². The van der Waals surface area contributed by atoms with Gasteiger partial charge in [-0.1, -0.05) is 18.2 Å². The standard InChI is InChI=1S/C16H19NOS/c1-11-8-10-19-16(11)14(17-2)13-7-3-5-12-6-4-9-18-15(12)13/h3,5,7-8,10,14,17H,4,6,9H2,1-2H3. The molecule has 1 unspecified atom stereocenters. The van der Waals surface area contributed by atoms with Crippen molar-refractivity contribution in [2.24, 2.45) is 0 Å². The Balaban J connectivity index is 2.07. The van der Waals surface area contributed by atoms with Gasteiger partial charge in [0.05, 0.1) is 12.6 Å². The SMILES string of the molecule is CNC(c1cccc2c1OCCC2)c1sccc1C. The molecule has 0 radical (unpaired) electrons. The van der Waals surface area contributed by atoms with Gasteiger partial charge in [-0.15, -0.1) is 11.3 Å². The summed E-state index contributed by atoms with van der Waals surface area (Å²) in [5.74, 6) is 1.10. The molecule has 3 heteroatoms. The van der Waals surface area contributed by atoms with Gasteiger partial charge in [0, 0.05) is 10.4 Å². The van der Waals surface area contributed by atoms with Crippen LogP contribution in [-0.2, 0) is 6.42 Å². The molecule has 0 amide bonds. The van der Waals surface area contributed by atoms with E-state index in [0.717, 1.165) is 25.2 Å². The van der Waals surface area contributed by atoms with Gasteiger partial charge in [0.2, 0.25) is 0 Å². The van der Waals surface area contributed by atoms with Crippen LogP contribution in [-0.4, -0.2) is 13.7 Å². The maximum Gasteiger partial charge on any atom is 0.127 e. The highest BCUT2D eigenvalue weighted by Gasteiger charge is 2.22. The summed E-state index contributed by atoms with van der Waals surface area (Å²) in [5.41, 5.74) is 3.96. The van der Waals surface area contributed by atoms with Crippen molar-refractivity contribution in [3.8, 4) is 5.75 Å². The Morgan fingerprint density at radius 2 is 2.21 bits per heavy atom. The molecule has 0 fully saturated rings. The average Bonchev–Trinajstić information content (AvgIpc) is 2.86. The van der Waals surface area contributed by atoms with Crippen molar-refractivity contribution in [2.75, 3.05) is 13.7 Å². The molecule has 1 aliphatic heterocycles. The number of rotatable bonds is 3. The zero-order valence-corrected chi connectivity index (χ0v) is 12.2. The summed E-state index contributed by atoms with van der Waals surface area (Å²) < 4.78 is 5.94. The maximum atomic E-state index is 5.94. The molecular weight excluding hydrogens is 254 g/mol. The Morgan fingerprint density at radius 3 is 2.95 bits per heavy atom. The first-order valence-electron chi connectivity index (χ1n) is 6.77. The Morgan fingerprint density at radius 1 is 1.32 bits per heavy atom. The zero-order chi connectivity index (χ0) is 13.2. The van der Waals surface area contributed by atoms with Crippen molar-refractivity contribution in [3.05, 3.63) is 51.2 Å². The topological polar surface area (TPSA) is 21.3 Å². The summed E-state index contributed by atoms with van der Waals surface area (Å²) in [6, 6.07) is 8.93. The second kappa shape index (κ2) is 5.35. The van der Waals surface area contributed by atoms with E-state index in [1.165, 1.54) is 21.6 Å². The molecule has 2 aromatic rings. The lowest BCUT2D eigenvalue weighted by Gasteiger charge is -2.25. The normalized spacial score (nSPS) is 15.7. The monoisotopic (exact) mass is 273 g/mol. The number of ether oxygens (including phenoxy) is 1. The molecule has 3 rings (SSSR count). The lowest BCUT2D eigenvalue weighted by Crippen LogP contribution is -2.20. The van der Waals surface area contributed by atoms with E-state index in [1.807, 2.05) is 18.4 Å². The van der Waals surface area contributed by atoms with Crippen LogP contribution in [0, 0.1) is 6.92 Å².